The predicted molar refractivity (Wildman–Crippen MR) is 70.7 cm³/mol. The molecule has 1 aliphatic rings. The van der Waals surface area contributed by atoms with Crippen LogP contribution in [0.4, 0.5) is 0 Å². The maximum absolute atomic E-state index is 5.85. The number of ether oxygens (including phenoxy) is 1. The Morgan fingerprint density at radius 2 is 2.17 bits per heavy atom. The number of benzene rings is 1. The van der Waals surface area contributed by atoms with Gasteiger partial charge in [0.05, 0.1) is 19.4 Å². The molecule has 0 saturated heterocycles. The molecule has 1 aliphatic heterocycles. The van der Waals surface area contributed by atoms with Crippen molar-refractivity contribution in [2.45, 2.75) is 19.4 Å². The van der Waals surface area contributed by atoms with E-state index in [-0.39, 0.29) is 0 Å². The topological polar surface area (TPSA) is 34.4 Å². The van der Waals surface area contributed by atoms with Gasteiger partial charge in [-0.1, -0.05) is 18.2 Å². The van der Waals surface area contributed by atoms with Gasteiger partial charge in [0.25, 0.3) is 0 Å². The fourth-order valence-corrected chi connectivity index (χ4v) is 2.48. The van der Waals surface area contributed by atoms with Crippen LogP contribution < -0.4 is 10.1 Å². The van der Waals surface area contributed by atoms with E-state index in [4.69, 9.17) is 9.15 Å². The molecule has 3 nitrogen and oxygen atoms in total. The molecule has 2 aromatic rings. The highest BCUT2D eigenvalue weighted by atomic mass is 16.5. The fourth-order valence-electron chi connectivity index (χ4n) is 2.48. The van der Waals surface area contributed by atoms with Gasteiger partial charge >= 0.3 is 0 Å². The van der Waals surface area contributed by atoms with Gasteiger partial charge < -0.3 is 14.5 Å². The van der Waals surface area contributed by atoms with Gasteiger partial charge in [0.1, 0.15) is 11.5 Å². The highest BCUT2D eigenvalue weighted by Gasteiger charge is 2.18. The van der Waals surface area contributed by atoms with E-state index in [1.807, 2.05) is 13.1 Å². The maximum atomic E-state index is 5.85. The van der Waals surface area contributed by atoms with Crippen LogP contribution in [0, 0.1) is 0 Å². The third-order valence-corrected chi connectivity index (χ3v) is 3.31. The van der Waals surface area contributed by atoms with E-state index in [1.54, 1.807) is 6.26 Å². The number of para-hydroxylation sites is 1. The summed E-state index contributed by atoms with van der Waals surface area (Å²) < 4.78 is 11.4. The van der Waals surface area contributed by atoms with Crippen LogP contribution in [0.15, 0.2) is 34.9 Å². The Morgan fingerprint density at radius 1 is 1.22 bits per heavy atom. The van der Waals surface area contributed by atoms with Crippen molar-refractivity contribution in [1.29, 1.82) is 0 Å². The second kappa shape index (κ2) is 4.86. The average molecular weight is 243 g/mol. The standard InChI is InChI=1S/C15H17NO2/c1-16-10-14-12(7-9-17-14)13-6-2-4-11-5-3-8-18-15(11)13/h2,4,6-7,9,16H,3,5,8,10H2,1H3. The summed E-state index contributed by atoms with van der Waals surface area (Å²) in [5.74, 6) is 1.99. The van der Waals surface area contributed by atoms with E-state index in [2.05, 4.69) is 23.5 Å². The number of fused-ring (bicyclic) bond motifs is 1. The second-order valence-corrected chi connectivity index (χ2v) is 4.53. The van der Waals surface area contributed by atoms with Crippen molar-refractivity contribution in [1.82, 2.24) is 5.32 Å². The summed E-state index contributed by atoms with van der Waals surface area (Å²) in [4.78, 5) is 0. The lowest BCUT2D eigenvalue weighted by molar-refractivity contribution is 0.289. The molecular weight excluding hydrogens is 226 g/mol. The zero-order chi connectivity index (χ0) is 12.4. The molecule has 0 amide bonds. The molecule has 18 heavy (non-hydrogen) atoms. The lowest BCUT2D eigenvalue weighted by Crippen LogP contribution is -2.10. The zero-order valence-electron chi connectivity index (χ0n) is 10.5. The molecule has 0 unspecified atom stereocenters. The Hall–Kier alpha value is -1.74. The van der Waals surface area contributed by atoms with Crippen molar-refractivity contribution < 1.29 is 9.15 Å². The van der Waals surface area contributed by atoms with E-state index >= 15 is 0 Å². The molecule has 0 aliphatic carbocycles. The van der Waals surface area contributed by atoms with Gasteiger partial charge in [0, 0.05) is 11.1 Å². The molecule has 2 heterocycles. The summed E-state index contributed by atoms with van der Waals surface area (Å²) in [6.45, 7) is 1.54. The molecule has 0 atom stereocenters. The highest BCUT2D eigenvalue weighted by Crippen LogP contribution is 2.38. The van der Waals surface area contributed by atoms with Crippen molar-refractivity contribution in [3.8, 4) is 16.9 Å². The molecule has 3 heteroatoms. The number of furan rings is 1. The van der Waals surface area contributed by atoms with Crippen molar-refractivity contribution in [3.63, 3.8) is 0 Å². The van der Waals surface area contributed by atoms with Gasteiger partial charge in [0.2, 0.25) is 0 Å². The lowest BCUT2D eigenvalue weighted by atomic mass is 9.98. The van der Waals surface area contributed by atoms with E-state index in [1.165, 1.54) is 5.56 Å². The van der Waals surface area contributed by atoms with Crippen LogP contribution in [-0.2, 0) is 13.0 Å². The Labute approximate surface area is 107 Å². The Kier molecular flexibility index (Phi) is 3.07. The summed E-state index contributed by atoms with van der Waals surface area (Å²) in [5, 5.41) is 3.13. The molecule has 1 aromatic carbocycles. The summed E-state index contributed by atoms with van der Waals surface area (Å²) in [6, 6.07) is 8.36. The molecule has 0 spiro atoms. The minimum absolute atomic E-state index is 0.728. The van der Waals surface area contributed by atoms with Crippen LogP contribution in [0.5, 0.6) is 5.75 Å². The summed E-state index contributed by atoms with van der Waals surface area (Å²) in [5.41, 5.74) is 3.57. The second-order valence-electron chi connectivity index (χ2n) is 4.53. The average Bonchev–Trinajstić information content (AvgIpc) is 2.87. The Morgan fingerprint density at radius 3 is 3.06 bits per heavy atom. The normalized spacial score (nSPS) is 14.1. The molecule has 0 bridgehead atoms. The third-order valence-electron chi connectivity index (χ3n) is 3.31. The van der Waals surface area contributed by atoms with Crippen molar-refractivity contribution in [2.75, 3.05) is 13.7 Å². The first kappa shape index (κ1) is 11.4. The zero-order valence-corrected chi connectivity index (χ0v) is 10.5. The van der Waals surface area contributed by atoms with Crippen LogP contribution in [0.25, 0.3) is 11.1 Å². The molecule has 0 saturated carbocycles. The first-order valence-corrected chi connectivity index (χ1v) is 6.36. The number of rotatable bonds is 3. The molecular formula is C15H17NO2. The predicted octanol–water partition coefficient (Wildman–Crippen LogP) is 2.99. The van der Waals surface area contributed by atoms with Gasteiger partial charge in [-0.25, -0.2) is 0 Å². The smallest absolute Gasteiger partial charge is 0.130 e. The minimum atomic E-state index is 0.728. The Balaban J connectivity index is 2.08. The maximum Gasteiger partial charge on any atom is 0.130 e. The number of aryl methyl sites for hydroxylation is 1. The highest BCUT2D eigenvalue weighted by molar-refractivity contribution is 5.74. The number of hydrogen-bond acceptors (Lipinski definition) is 3. The van der Waals surface area contributed by atoms with Crippen LogP contribution >= 0.6 is 0 Å². The largest absolute Gasteiger partial charge is 0.493 e. The van der Waals surface area contributed by atoms with E-state index in [0.717, 1.165) is 48.6 Å². The number of nitrogens with one attached hydrogen (secondary N) is 1. The molecule has 1 aromatic heterocycles. The molecule has 94 valence electrons. The van der Waals surface area contributed by atoms with Gasteiger partial charge in [-0.2, -0.15) is 0 Å². The van der Waals surface area contributed by atoms with Gasteiger partial charge in [0.15, 0.2) is 0 Å². The van der Waals surface area contributed by atoms with Crippen molar-refractivity contribution in [3.05, 3.63) is 41.9 Å². The van der Waals surface area contributed by atoms with Gasteiger partial charge in [-0.15, -0.1) is 0 Å². The quantitative estimate of drug-likeness (QED) is 0.900. The minimum Gasteiger partial charge on any atom is -0.493 e. The van der Waals surface area contributed by atoms with E-state index in [9.17, 15) is 0 Å². The Bertz CT molecular complexity index is 545. The first-order chi connectivity index (χ1) is 8.90. The van der Waals surface area contributed by atoms with Crippen molar-refractivity contribution in [2.24, 2.45) is 0 Å². The summed E-state index contributed by atoms with van der Waals surface area (Å²) in [6.07, 6.45) is 3.94. The van der Waals surface area contributed by atoms with E-state index < -0.39 is 0 Å². The third kappa shape index (κ3) is 1.91. The SMILES string of the molecule is CNCc1occc1-c1cccc2c1OCCC2. The van der Waals surface area contributed by atoms with Crippen LogP contribution in [0.1, 0.15) is 17.7 Å². The lowest BCUT2D eigenvalue weighted by Gasteiger charge is -2.20. The fraction of sp³-hybridized carbons (Fsp3) is 0.333. The number of hydrogen-bond donors (Lipinski definition) is 1. The summed E-state index contributed by atoms with van der Waals surface area (Å²) in [7, 11) is 1.92. The van der Waals surface area contributed by atoms with Crippen molar-refractivity contribution >= 4 is 0 Å². The summed E-state index contributed by atoms with van der Waals surface area (Å²) >= 11 is 0. The molecule has 0 fully saturated rings. The van der Waals surface area contributed by atoms with E-state index in [0.29, 0.717) is 0 Å². The monoisotopic (exact) mass is 243 g/mol. The molecule has 3 rings (SSSR count). The van der Waals surface area contributed by atoms with Crippen LogP contribution in [-0.4, -0.2) is 13.7 Å². The molecule has 0 radical (unpaired) electrons. The first-order valence-electron chi connectivity index (χ1n) is 6.36. The van der Waals surface area contributed by atoms with Crippen LogP contribution in [0.2, 0.25) is 0 Å². The van der Waals surface area contributed by atoms with Crippen LogP contribution in [0.3, 0.4) is 0 Å². The van der Waals surface area contributed by atoms with Gasteiger partial charge in [-0.05, 0) is 31.5 Å². The van der Waals surface area contributed by atoms with Gasteiger partial charge in [-0.3, -0.25) is 0 Å². The molecule has 1 N–H and O–H groups in total.